The third kappa shape index (κ3) is 7.05. The number of aromatic nitrogens is 2. The number of benzene rings is 1. The minimum atomic E-state index is 0. The lowest BCUT2D eigenvalue weighted by Crippen LogP contribution is -2.38. The second kappa shape index (κ2) is 12.2. The van der Waals surface area contributed by atoms with Gasteiger partial charge < -0.3 is 19.5 Å². The first-order valence-corrected chi connectivity index (χ1v) is 9.87. The van der Waals surface area contributed by atoms with Gasteiger partial charge in [-0.05, 0) is 48.9 Å². The Morgan fingerprint density at radius 2 is 1.93 bits per heavy atom. The van der Waals surface area contributed by atoms with E-state index in [-0.39, 0.29) is 24.0 Å². The van der Waals surface area contributed by atoms with Crippen LogP contribution in [-0.2, 0) is 26.7 Å². The Balaban J connectivity index is 0.00000320. The number of aliphatic imine (C=N–C) groups is 1. The van der Waals surface area contributed by atoms with E-state index >= 15 is 0 Å². The van der Waals surface area contributed by atoms with Gasteiger partial charge in [-0.25, -0.2) is 4.99 Å². The third-order valence-corrected chi connectivity index (χ3v) is 4.59. The standard InChI is InChI=1S/C23H29N5O.HI/c1-4-24-23(28(3)17-21-9-7-15-27(21)2)26-16-19-10-12-22(13-11-19)29-18-20-8-5-6-14-25-20;/h5-15H,4,16-18H2,1-3H3,(H,24,26);1H. The van der Waals surface area contributed by atoms with Crippen molar-refractivity contribution in [2.24, 2.45) is 12.0 Å². The molecule has 2 aromatic heterocycles. The van der Waals surface area contributed by atoms with Crippen molar-refractivity contribution in [2.45, 2.75) is 26.6 Å². The Kier molecular flexibility index (Phi) is 9.66. The van der Waals surface area contributed by atoms with Crippen molar-refractivity contribution >= 4 is 29.9 Å². The van der Waals surface area contributed by atoms with Crippen LogP contribution in [0.5, 0.6) is 5.75 Å². The van der Waals surface area contributed by atoms with E-state index < -0.39 is 0 Å². The lowest BCUT2D eigenvalue weighted by molar-refractivity contribution is 0.301. The minimum Gasteiger partial charge on any atom is -0.487 e. The zero-order valence-corrected chi connectivity index (χ0v) is 20.1. The Morgan fingerprint density at radius 1 is 1.13 bits per heavy atom. The van der Waals surface area contributed by atoms with Crippen LogP contribution in [0.1, 0.15) is 23.9 Å². The molecule has 30 heavy (non-hydrogen) atoms. The number of ether oxygens (including phenoxy) is 1. The Hall–Kier alpha value is -2.55. The van der Waals surface area contributed by atoms with Gasteiger partial charge >= 0.3 is 0 Å². The average molecular weight is 519 g/mol. The van der Waals surface area contributed by atoms with Gasteiger partial charge in [-0.15, -0.1) is 24.0 Å². The monoisotopic (exact) mass is 519 g/mol. The lowest BCUT2D eigenvalue weighted by atomic mass is 10.2. The number of halogens is 1. The van der Waals surface area contributed by atoms with Crippen LogP contribution in [0.3, 0.4) is 0 Å². The van der Waals surface area contributed by atoms with E-state index in [2.05, 4.69) is 71.2 Å². The molecule has 160 valence electrons. The molecule has 0 fully saturated rings. The number of guanidine groups is 1. The molecule has 7 heteroatoms. The molecule has 6 nitrogen and oxygen atoms in total. The number of rotatable bonds is 8. The highest BCUT2D eigenvalue weighted by molar-refractivity contribution is 14.0. The fourth-order valence-electron chi connectivity index (χ4n) is 2.95. The number of nitrogens with zero attached hydrogens (tertiary/aromatic N) is 4. The maximum atomic E-state index is 5.80. The van der Waals surface area contributed by atoms with Crippen LogP contribution in [-0.4, -0.2) is 34.0 Å². The summed E-state index contributed by atoms with van der Waals surface area (Å²) in [4.78, 5) is 11.2. The number of nitrogens with one attached hydrogen (secondary N) is 1. The summed E-state index contributed by atoms with van der Waals surface area (Å²) in [5.41, 5.74) is 3.29. The first-order chi connectivity index (χ1) is 14.2. The van der Waals surface area contributed by atoms with Gasteiger partial charge in [-0.3, -0.25) is 4.98 Å². The summed E-state index contributed by atoms with van der Waals surface area (Å²) >= 11 is 0. The molecule has 0 unspecified atom stereocenters. The predicted octanol–water partition coefficient (Wildman–Crippen LogP) is 4.21. The second-order valence-corrected chi connectivity index (χ2v) is 6.89. The highest BCUT2D eigenvalue weighted by Gasteiger charge is 2.08. The number of hydrogen-bond acceptors (Lipinski definition) is 3. The van der Waals surface area contributed by atoms with E-state index in [0.717, 1.165) is 36.1 Å². The summed E-state index contributed by atoms with van der Waals surface area (Å²) in [5, 5.41) is 3.37. The predicted molar refractivity (Wildman–Crippen MR) is 132 cm³/mol. The van der Waals surface area contributed by atoms with Crippen molar-refractivity contribution in [1.29, 1.82) is 0 Å². The topological polar surface area (TPSA) is 54.7 Å². The summed E-state index contributed by atoms with van der Waals surface area (Å²) in [6.45, 7) is 4.79. The summed E-state index contributed by atoms with van der Waals surface area (Å²) in [6.07, 6.45) is 3.83. The van der Waals surface area contributed by atoms with Gasteiger partial charge in [0.25, 0.3) is 0 Å². The molecule has 0 aliphatic carbocycles. The minimum absolute atomic E-state index is 0. The first-order valence-electron chi connectivity index (χ1n) is 9.87. The van der Waals surface area contributed by atoms with E-state index in [1.807, 2.05) is 30.3 Å². The molecule has 0 saturated carbocycles. The highest BCUT2D eigenvalue weighted by Crippen LogP contribution is 2.14. The molecule has 2 heterocycles. The molecule has 3 rings (SSSR count). The Bertz CT molecular complexity index is 909. The molecule has 0 aliphatic heterocycles. The van der Waals surface area contributed by atoms with Crippen molar-refractivity contribution < 1.29 is 4.74 Å². The molecule has 0 atom stereocenters. The van der Waals surface area contributed by atoms with Gasteiger partial charge in [0.05, 0.1) is 18.8 Å². The largest absolute Gasteiger partial charge is 0.487 e. The first kappa shape index (κ1) is 23.7. The normalized spacial score (nSPS) is 11.0. The summed E-state index contributed by atoms with van der Waals surface area (Å²) in [5.74, 6) is 1.72. The molecule has 0 amide bonds. The smallest absolute Gasteiger partial charge is 0.194 e. The molecular weight excluding hydrogens is 489 g/mol. The van der Waals surface area contributed by atoms with E-state index in [1.165, 1.54) is 5.69 Å². The van der Waals surface area contributed by atoms with Crippen molar-refractivity contribution in [3.63, 3.8) is 0 Å². The molecule has 3 aromatic rings. The van der Waals surface area contributed by atoms with E-state index in [4.69, 9.17) is 9.73 Å². The van der Waals surface area contributed by atoms with E-state index in [0.29, 0.717) is 13.2 Å². The van der Waals surface area contributed by atoms with Gasteiger partial charge in [0.1, 0.15) is 12.4 Å². The SMILES string of the molecule is CCNC(=NCc1ccc(OCc2ccccn2)cc1)N(C)Cc1cccn1C.I. The van der Waals surface area contributed by atoms with Gasteiger partial charge in [0.2, 0.25) is 0 Å². The Labute approximate surface area is 196 Å². The van der Waals surface area contributed by atoms with Gasteiger partial charge in [-0.1, -0.05) is 18.2 Å². The summed E-state index contributed by atoms with van der Waals surface area (Å²) < 4.78 is 7.93. The summed E-state index contributed by atoms with van der Waals surface area (Å²) in [6, 6.07) is 18.1. The number of hydrogen-bond donors (Lipinski definition) is 1. The van der Waals surface area contributed by atoms with Crippen LogP contribution < -0.4 is 10.1 Å². The third-order valence-electron chi connectivity index (χ3n) is 4.59. The van der Waals surface area contributed by atoms with Crippen LogP contribution in [0, 0.1) is 0 Å². The van der Waals surface area contributed by atoms with Crippen LogP contribution >= 0.6 is 24.0 Å². The second-order valence-electron chi connectivity index (χ2n) is 6.89. The van der Waals surface area contributed by atoms with Crippen LogP contribution in [0.4, 0.5) is 0 Å². The van der Waals surface area contributed by atoms with Crippen molar-refractivity contribution in [2.75, 3.05) is 13.6 Å². The van der Waals surface area contributed by atoms with Crippen molar-refractivity contribution in [3.8, 4) is 5.75 Å². The fraction of sp³-hybridized carbons (Fsp3) is 0.304. The molecule has 0 aliphatic rings. The Morgan fingerprint density at radius 3 is 2.57 bits per heavy atom. The van der Waals surface area contributed by atoms with E-state index in [1.54, 1.807) is 6.20 Å². The average Bonchev–Trinajstić information content (AvgIpc) is 3.15. The quantitative estimate of drug-likeness (QED) is 0.275. The molecule has 0 bridgehead atoms. The maximum absolute atomic E-state index is 5.80. The van der Waals surface area contributed by atoms with Crippen LogP contribution in [0.15, 0.2) is 72.0 Å². The molecule has 0 saturated heterocycles. The molecule has 1 N–H and O–H groups in total. The number of aryl methyl sites for hydroxylation is 1. The van der Waals surface area contributed by atoms with Crippen LogP contribution in [0.25, 0.3) is 0 Å². The molecule has 1 aromatic carbocycles. The molecule has 0 radical (unpaired) electrons. The number of pyridine rings is 1. The van der Waals surface area contributed by atoms with Gasteiger partial charge in [0, 0.05) is 38.7 Å². The zero-order valence-electron chi connectivity index (χ0n) is 17.8. The van der Waals surface area contributed by atoms with Gasteiger partial charge in [-0.2, -0.15) is 0 Å². The van der Waals surface area contributed by atoms with Crippen molar-refractivity contribution in [3.05, 3.63) is 83.9 Å². The maximum Gasteiger partial charge on any atom is 0.194 e. The highest BCUT2D eigenvalue weighted by atomic mass is 127. The zero-order chi connectivity index (χ0) is 20.5. The molecule has 0 spiro atoms. The lowest BCUT2D eigenvalue weighted by Gasteiger charge is -2.22. The fourth-order valence-corrected chi connectivity index (χ4v) is 2.95. The van der Waals surface area contributed by atoms with E-state index in [9.17, 15) is 0 Å². The van der Waals surface area contributed by atoms with Crippen molar-refractivity contribution in [1.82, 2.24) is 19.8 Å². The molecular formula is C23H30IN5O. The summed E-state index contributed by atoms with van der Waals surface area (Å²) in [7, 11) is 4.12. The van der Waals surface area contributed by atoms with Gasteiger partial charge in [0.15, 0.2) is 5.96 Å². The van der Waals surface area contributed by atoms with Crippen LogP contribution in [0.2, 0.25) is 0 Å².